The molecule has 0 bridgehead atoms. The van der Waals surface area contributed by atoms with Crippen LogP contribution < -0.4 is 10.6 Å². The molecule has 0 fully saturated rings. The summed E-state index contributed by atoms with van der Waals surface area (Å²) in [4.78, 5) is 15.9. The van der Waals surface area contributed by atoms with Gasteiger partial charge in [-0.2, -0.15) is 0 Å². The number of nitrogens with zero attached hydrogens (tertiary/aromatic N) is 3. The number of nitrogens with one attached hydrogen (secondary N) is 2. The molecular weight excluding hydrogens is 294 g/mol. The maximum atomic E-state index is 11.7. The summed E-state index contributed by atoms with van der Waals surface area (Å²) in [5.74, 6) is 0.819. The molecule has 116 valence electrons. The fourth-order valence-electron chi connectivity index (χ4n) is 1.93. The minimum atomic E-state index is -0.277. The van der Waals surface area contributed by atoms with Gasteiger partial charge in [-0.3, -0.25) is 4.98 Å². The number of anilines is 1. The number of carbonyl (C=O) groups excluding carboxylic acids is 1. The molecule has 3 aromatic rings. The number of benzene rings is 1. The smallest absolute Gasteiger partial charge is 0.319 e. The lowest BCUT2D eigenvalue weighted by atomic mass is 10.3. The van der Waals surface area contributed by atoms with E-state index in [1.807, 2.05) is 42.5 Å². The number of hydrogen-bond donors (Lipinski definition) is 2. The maximum Gasteiger partial charge on any atom is 0.319 e. The van der Waals surface area contributed by atoms with Gasteiger partial charge in [0.25, 0.3) is 5.89 Å². The average Bonchev–Trinajstić information content (AvgIpc) is 3.05. The molecule has 0 unspecified atom stereocenters. The first-order valence-corrected chi connectivity index (χ1v) is 7.15. The summed E-state index contributed by atoms with van der Waals surface area (Å²) in [6.45, 7) is 0.391. The van der Waals surface area contributed by atoms with E-state index in [9.17, 15) is 4.79 Å². The summed E-state index contributed by atoms with van der Waals surface area (Å²) in [5.41, 5.74) is 1.36. The highest BCUT2D eigenvalue weighted by Gasteiger charge is 2.09. The van der Waals surface area contributed by atoms with Crippen molar-refractivity contribution in [2.45, 2.75) is 6.42 Å². The molecule has 0 saturated carbocycles. The standard InChI is InChI=1S/C16H15N5O2/c22-16(19-12-6-2-1-3-7-12)18-11-9-14-20-21-15(23-14)13-8-4-5-10-17-13/h1-8,10H,9,11H2,(H2,18,19,22). The SMILES string of the molecule is O=C(NCCc1nnc(-c2ccccn2)o1)Nc1ccccc1. The van der Waals surface area contributed by atoms with Gasteiger partial charge in [0.2, 0.25) is 5.89 Å². The van der Waals surface area contributed by atoms with Gasteiger partial charge >= 0.3 is 6.03 Å². The summed E-state index contributed by atoms with van der Waals surface area (Å²) in [6.07, 6.45) is 2.11. The number of rotatable bonds is 5. The predicted octanol–water partition coefficient (Wildman–Crippen LogP) is 2.50. The average molecular weight is 309 g/mol. The van der Waals surface area contributed by atoms with Crippen LogP contribution in [-0.4, -0.2) is 27.8 Å². The van der Waals surface area contributed by atoms with Crippen molar-refractivity contribution < 1.29 is 9.21 Å². The first-order valence-electron chi connectivity index (χ1n) is 7.15. The number of aromatic nitrogens is 3. The lowest BCUT2D eigenvalue weighted by Gasteiger charge is -2.05. The maximum absolute atomic E-state index is 11.7. The van der Waals surface area contributed by atoms with Crippen LogP contribution in [0.4, 0.5) is 10.5 Å². The molecule has 0 aliphatic rings. The third-order valence-electron chi connectivity index (χ3n) is 3.01. The Hall–Kier alpha value is -3.22. The Kier molecular flexibility index (Phi) is 4.58. The predicted molar refractivity (Wildman–Crippen MR) is 84.7 cm³/mol. The van der Waals surface area contributed by atoms with Gasteiger partial charge in [-0.15, -0.1) is 10.2 Å². The van der Waals surface area contributed by atoms with E-state index in [1.54, 1.807) is 12.3 Å². The van der Waals surface area contributed by atoms with E-state index in [0.717, 1.165) is 5.69 Å². The number of pyridine rings is 1. The number of hydrogen-bond acceptors (Lipinski definition) is 5. The molecule has 2 aromatic heterocycles. The molecule has 3 rings (SSSR count). The molecule has 0 spiro atoms. The Labute approximate surface area is 132 Å². The van der Waals surface area contributed by atoms with Crippen LogP contribution in [0.1, 0.15) is 5.89 Å². The minimum Gasteiger partial charge on any atom is -0.419 e. The molecule has 0 aliphatic carbocycles. The van der Waals surface area contributed by atoms with Gasteiger partial charge in [-0.05, 0) is 24.3 Å². The summed E-state index contributed by atoms with van der Waals surface area (Å²) in [6, 6.07) is 14.4. The zero-order chi connectivity index (χ0) is 15.9. The second-order valence-corrected chi connectivity index (χ2v) is 4.71. The van der Waals surface area contributed by atoms with Crippen molar-refractivity contribution in [1.82, 2.24) is 20.5 Å². The highest BCUT2D eigenvalue weighted by Crippen LogP contribution is 2.14. The zero-order valence-electron chi connectivity index (χ0n) is 12.3. The summed E-state index contributed by atoms with van der Waals surface area (Å²) in [5, 5.41) is 13.4. The third-order valence-corrected chi connectivity index (χ3v) is 3.01. The highest BCUT2D eigenvalue weighted by atomic mass is 16.4. The lowest BCUT2D eigenvalue weighted by Crippen LogP contribution is -2.30. The fraction of sp³-hybridized carbons (Fsp3) is 0.125. The Morgan fingerprint density at radius 2 is 1.87 bits per heavy atom. The van der Waals surface area contributed by atoms with Crippen molar-refractivity contribution in [3.63, 3.8) is 0 Å². The molecule has 0 saturated heterocycles. The normalized spacial score (nSPS) is 10.3. The summed E-state index contributed by atoms with van der Waals surface area (Å²) in [7, 11) is 0. The quantitative estimate of drug-likeness (QED) is 0.755. The molecular formula is C16H15N5O2. The Bertz CT molecular complexity index is 758. The van der Waals surface area contributed by atoms with Crippen LogP contribution in [0.2, 0.25) is 0 Å². The highest BCUT2D eigenvalue weighted by molar-refractivity contribution is 5.89. The van der Waals surface area contributed by atoms with E-state index in [-0.39, 0.29) is 6.03 Å². The molecule has 0 aliphatic heterocycles. The molecule has 0 atom stereocenters. The van der Waals surface area contributed by atoms with Gasteiger partial charge in [-0.1, -0.05) is 24.3 Å². The van der Waals surface area contributed by atoms with Crippen LogP contribution in [-0.2, 0) is 6.42 Å². The van der Waals surface area contributed by atoms with E-state index >= 15 is 0 Å². The van der Waals surface area contributed by atoms with E-state index in [4.69, 9.17) is 4.42 Å². The molecule has 2 heterocycles. The van der Waals surface area contributed by atoms with E-state index in [2.05, 4.69) is 25.8 Å². The molecule has 1 aromatic carbocycles. The topological polar surface area (TPSA) is 92.9 Å². The Morgan fingerprint density at radius 3 is 2.65 bits per heavy atom. The molecule has 2 amide bonds. The Balaban J connectivity index is 1.48. The van der Waals surface area contributed by atoms with Crippen molar-refractivity contribution in [3.8, 4) is 11.6 Å². The molecule has 7 heteroatoms. The van der Waals surface area contributed by atoms with Crippen LogP contribution >= 0.6 is 0 Å². The third kappa shape index (κ3) is 4.13. The molecule has 23 heavy (non-hydrogen) atoms. The summed E-state index contributed by atoms with van der Waals surface area (Å²) < 4.78 is 5.51. The first-order chi connectivity index (χ1) is 11.3. The monoisotopic (exact) mass is 309 g/mol. The number of carbonyl (C=O) groups is 1. The van der Waals surface area contributed by atoms with Crippen molar-refractivity contribution in [2.75, 3.05) is 11.9 Å². The zero-order valence-corrected chi connectivity index (χ0v) is 12.3. The van der Waals surface area contributed by atoms with Crippen molar-refractivity contribution in [1.29, 1.82) is 0 Å². The second-order valence-electron chi connectivity index (χ2n) is 4.71. The van der Waals surface area contributed by atoms with E-state index in [0.29, 0.717) is 30.4 Å². The van der Waals surface area contributed by atoms with Gasteiger partial charge < -0.3 is 15.1 Å². The lowest BCUT2D eigenvalue weighted by molar-refractivity contribution is 0.252. The van der Waals surface area contributed by atoms with Crippen LogP contribution in [0.15, 0.2) is 59.1 Å². The van der Waals surface area contributed by atoms with Gasteiger partial charge in [0.15, 0.2) is 0 Å². The van der Waals surface area contributed by atoms with Gasteiger partial charge in [0.05, 0.1) is 0 Å². The van der Waals surface area contributed by atoms with Crippen LogP contribution in [0.3, 0.4) is 0 Å². The number of para-hydroxylation sites is 1. The number of urea groups is 1. The van der Waals surface area contributed by atoms with E-state index < -0.39 is 0 Å². The van der Waals surface area contributed by atoms with Gasteiger partial charge in [0, 0.05) is 24.8 Å². The summed E-state index contributed by atoms with van der Waals surface area (Å²) >= 11 is 0. The minimum absolute atomic E-state index is 0.277. The van der Waals surface area contributed by atoms with Crippen LogP contribution in [0, 0.1) is 0 Å². The molecule has 2 N–H and O–H groups in total. The Morgan fingerprint density at radius 1 is 1.04 bits per heavy atom. The van der Waals surface area contributed by atoms with Crippen molar-refractivity contribution in [2.24, 2.45) is 0 Å². The van der Waals surface area contributed by atoms with Crippen LogP contribution in [0.25, 0.3) is 11.6 Å². The van der Waals surface area contributed by atoms with Gasteiger partial charge in [-0.25, -0.2) is 4.79 Å². The van der Waals surface area contributed by atoms with Crippen molar-refractivity contribution >= 4 is 11.7 Å². The molecule has 0 radical (unpaired) electrons. The first kappa shape index (κ1) is 14.7. The van der Waals surface area contributed by atoms with Crippen molar-refractivity contribution in [3.05, 3.63) is 60.6 Å². The van der Waals surface area contributed by atoms with E-state index in [1.165, 1.54) is 0 Å². The number of amides is 2. The largest absolute Gasteiger partial charge is 0.419 e. The second kappa shape index (κ2) is 7.17. The fourth-order valence-corrected chi connectivity index (χ4v) is 1.93. The van der Waals surface area contributed by atoms with Gasteiger partial charge in [0.1, 0.15) is 5.69 Å². The van der Waals surface area contributed by atoms with Crippen LogP contribution in [0.5, 0.6) is 0 Å². The molecule has 7 nitrogen and oxygen atoms in total.